The lowest BCUT2D eigenvalue weighted by Crippen LogP contribution is -2.05. The van der Waals surface area contributed by atoms with Gasteiger partial charge in [0.1, 0.15) is 0 Å². The smallest absolute Gasteiger partial charge is 0.0723 e. The van der Waals surface area contributed by atoms with E-state index in [1.54, 1.807) is 0 Å². The number of halogens is 1. The van der Waals surface area contributed by atoms with Gasteiger partial charge in [0.2, 0.25) is 0 Å². The van der Waals surface area contributed by atoms with Crippen molar-refractivity contribution in [1.29, 1.82) is 0 Å². The van der Waals surface area contributed by atoms with Crippen molar-refractivity contribution in [1.82, 2.24) is 9.97 Å². The molecule has 0 radical (unpaired) electrons. The van der Waals surface area contributed by atoms with Gasteiger partial charge in [-0.3, -0.25) is 9.97 Å². The maximum absolute atomic E-state index is 6.07. The van der Waals surface area contributed by atoms with Crippen molar-refractivity contribution in [3.8, 4) is 0 Å². The van der Waals surface area contributed by atoms with Crippen LogP contribution in [0.25, 0.3) is 10.9 Å². The van der Waals surface area contributed by atoms with Crippen LogP contribution < -0.4 is 5.32 Å². The normalized spacial score (nSPS) is 10.8. The molecule has 0 aliphatic rings. The standard InChI is InChI=1S/C17H16ClN3/c1-12-2-3-13(11-21-12)6-8-19-17-7-9-20-16-5-4-14(18)10-15(16)17/h2-5,7,9-11H,6,8H2,1H3,(H,19,20). The zero-order valence-corrected chi connectivity index (χ0v) is 12.6. The molecule has 0 aliphatic carbocycles. The Hall–Kier alpha value is -2.13. The molecule has 0 aliphatic heterocycles. The van der Waals surface area contributed by atoms with E-state index in [9.17, 15) is 0 Å². The molecule has 0 unspecified atom stereocenters. The second kappa shape index (κ2) is 6.10. The summed E-state index contributed by atoms with van der Waals surface area (Å²) >= 11 is 6.07. The molecule has 0 atom stereocenters. The van der Waals surface area contributed by atoms with Crippen LogP contribution in [0.1, 0.15) is 11.3 Å². The predicted molar refractivity (Wildman–Crippen MR) is 87.9 cm³/mol. The van der Waals surface area contributed by atoms with E-state index in [0.29, 0.717) is 0 Å². The molecular weight excluding hydrogens is 282 g/mol. The fourth-order valence-corrected chi connectivity index (χ4v) is 2.43. The van der Waals surface area contributed by atoms with Crippen molar-refractivity contribution in [3.63, 3.8) is 0 Å². The number of rotatable bonds is 4. The lowest BCUT2D eigenvalue weighted by atomic mass is 10.1. The molecule has 0 saturated carbocycles. The maximum Gasteiger partial charge on any atom is 0.0723 e. The van der Waals surface area contributed by atoms with Crippen molar-refractivity contribution >= 4 is 28.2 Å². The van der Waals surface area contributed by atoms with Gasteiger partial charge < -0.3 is 5.32 Å². The zero-order valence-electron chi connectivity index (χ0n) is 11.8. The van der Waals surface area contributed by atoms with Crippen LogP contribution in [-0.4, -0.2) is 16.5 Å². The fourth-order valence-electron chi connectivity index (χ4n) is 2.26. The van der Waals surface area contributed by atoms with Gasteiger partial charge in [-0.2, -0.15) is 0 Å². The lowest BCUT2D eigenvalue weighted by molar-refractivity contribution is 0.998. The highest BCUT2D eigenvalue weighted by molar-refractivity contribution is 6.31. The molecule has 0 saturated heterocycles. The summed E-state index contributed by atoms with van der Waals surface area (Å²) < 4.78 is 0. The van der Waals surface area contributed by atoms with E-state index in [1.165, 1.54) is 5.56 Å². The van der Waals surface area contributed by atoms with Gasteiger partial charge in [0, 0.05) is 40.7 Å². The molecular formula is C17H16ClN3. The number of anilines is 1. The summed E-state index contributed by atoms with van der Waals surface area (Å²) in [6.45, 7) is 2.84. The summed E-state index contributed by atoms with van der Waals surface area (Å²) in [5.74, 6) is 0. The van der Waals surface area contributed by atoms with Gasteiger partial charge >= 0.3 is 0 Å². The van der Waals surface area contributed by atoms with E-state index in [0.717, 1.165) is 40.3 Å². The Morgan fingerprint density at radius 1 is 1.10 bits per heavy atom. The molecule has 4 heteroatoms. The Morgan fingerprint density at radius 2 is 2.00 bits per heavy atom. The average molecular weight is 298 g/mol. The topological polar surface area (TPSA) is 37.8 Å². The molecule has 2 aromatic heterocycles. The van der Waals surface area contributed by atoms with Gasteiger partial charge in [-0.15, -0.1) is 0 Å². The van der Waals surface area contributed by atoms with E-state index in [1.807, 2.05) is 49.6 Å². The van der Waals surface area contributed by atoms with Crippen LogP contribution in [0.15, 0.2) is 48.8 Å². The van der Waals surface area contributed by atoms with Crippen molar-refractivity contribution in [3.05, 3.63) is 65.1 Å². The van der Waals surface area contributed by atoms with Crippen molar-refractivity contribution < 1.29 is 0 Å². The molecule has 1 N–H and O–H groups in total. The second-order valence-electron chi connectivity index (χ2n) is 5.00. The second-order valence-corrected chi connectivity index (χ2v) is 5.44. The summed E-state index contributed by atoms with van der Waals surface area (Å²) in [6.07, 6.45) is 4.67. The van der Waals surface area contributed by atoms with Crippen LogP contribution >= 0.6 is 11.6 Å². The number of hydrogen-bond donors (Lipinski definition) is 1. The van der Waals surface area contributed by atoms with Crippen LogP contribution in [-0.2, 0) is 6.42 Å². The SMILES string of the molecule is Cc1ccc(CCNc2ccnc3ccc(Cl)cc23)cn1. The first kappa shape index (κ1) is 13.8. The summed E-state index contributed by atoms with van der Waals surface area (Å²) in [7, 11) is 0. The minimum absolute atomic E-state index is 0.723. The molecule has 0 spiro atoms. The van der Waals surface area contributed by atoms with E-state index in [4.69, 9.17) is 11.6 Å². The number of nitrogens with zero attached hydrogens (tertiary/aromatic N) is 2. The summed E-state index contributed by atoms with van der Waals surface area (Å²) in [5, 5.41) is 5.22. The number of pyridine rings is 2. The Kier molecular flexibility index (Phi) is 4.02. The van der Waals surface area contributed by atoms with Crippen molar-refractivity contribution in [2.45, 2.75) is 13.3 Å². The highest BCUT2D eigenvalue weighted by Gasteiger charge is 2.02. The van der Waals surface area contributed by atoms with Gasteiger partial charge in [-0.1, -0.05) is 17.7 Å². The molecule has 2 heterocycles. The zero-order chi connectivity index (χ0) is 14.7. The van der Waals surface area contributed by atoms with Crippen LogP contribution in [0.2, 0.25) is 5.02 Å². The third-order valence-electron chi connectivity index (χ3n) is 3.41. The number of nitrogens with one attached hydrogen (secondary N) is 1. The summed E-state index contributed by atoms with van der Waals surface area (Å²) in [4.78, 5) is 8.66. The highest BCUT2D eigenvalue weighted by atomic mass is 35.5. The number of benzene rings is 1. The van der Waals surface area contributed by atoms with E-state index in [2.05, 4.69) is 21.4 Å². The number of aromatic nitrogens is 2. The third-order valence-corrected chi connectivity index (χ3v) is 3.64. The Balaban J connectivity index is 1.73. The maximum atomic E-state index is 6.07. The molecule has 0 fully saturated rings. The van der Waals surface area contributed by atoms with Gasteiger partial charge in [0.15, 0.2) is 0 Å². The third kappa shape index (κ3) is 3.31. The van der Waals surface area contributed by atoms with Gasteiger partial charge in [0.25, 0.3) is 0 Å². The largest absolute Gasteiger partial charge is 0.384 e. The van der Waals surface area contributed by atoms with Gasteiger partial charge in [-0.25, -0.2) is 0 Å². The Labute approximate surface area is 129 Å². The average Bonchev–Trinajstić information content (AvgIpc) is 2.50. The first-order chi connectivity index (χ1) is 10.2. The minimum Gasteiger partial charge on any atom is -0.384 e. The van der Waals surface area contributed by atoms with Crippen molar-refractivity contribution in [2.24, 2.45) is 0 Å². The molecule has 3 nitrogen and oxygen atoms in total. The quantitative estimate of drug-likeness (QED) is 0.782. The number of fused-ring (bicyclic) bond motifs is 1. The fraction of sp³-hybridized carbons (Fsp3) is 0.176. The van der Waals surface area contributed by atoms with Crippen LogP contribution in [0, 0.1) is 6.92 Å². The molecule has 0 amide bonds. The first-order valence-electron chi connectivity index (χ1n) is 6.92. The number of hydrogen-bond acceptors (Lipinski definition) is 3. The van der Waals surface area contributed by atoms with Gasteiger partial charge in [-0.05, 0) is 49.2 Å². The minimum atomic E-state index is 0.723. The lowest BCUT2D eigenvalue weighted by Gasteiger charge is -2.09. The first-order valence-corrected chi connectivity index (χ1v) is 7.30. The molecule has 106 valence electrons. The van der Waals surface area contributed by atoms with Crippen LogP contribution in [0.4, 0.5) is 5.69 Å². The summed E-state index contributed by atoms with van der Waals surface area (Å²) in [5.41, 5.74) is 4.27. The van der Waals surface area contributed by atoms with Crippen molar-refractivity contribution in [2.75, 3.05) is 11.9 Å². The molecule has 0 bridgehead atoms. The number of aryl methyl sites for hydroxylation is 1. The highest BCUT2D eigenvalue weighted by Crippen LogP contribution is 2.24. The van der Waals surface area contributed by atoms with Gasteiger partial charge in [0.05, 0.1) is 5.52 Å². The van der Waals surface area contributed by atoms with Crippen LogP contribution in [0.3, 0.4) is 0 Å². The predicted octanol–water partition coefficient (Wildman–Crippen LogP) is 4.25. The van der Waals surface area contributed by atoms with E-state index >= 15 is 0 Å². The molecule has 21 heavy (non-hydrogen) atoms. The Morgan fingerprint density at radius 3 is 2.81 bits per heavy atom. The molecule has 3 aromatic rings. The van der Waals surface area contributed by atoms with E-state index in [-0.39, 0.29) is 0 Å². The molecule has 1 aromatic carbocycles. The monoisotopic (exact) mass is 297 g/mol. The molecule has 3 rings (SSSR count). The van der Waals surface area contributed by atoms with E-state index < -0.39 is 0 Å². The summed E-state index contributed by atoms with van der Waals surface area (Å²) in [6, 6.07) is 11.9. The Bertz CT molecular complexity index is 754. The van der Waals surface area contributed by atoms with Crippen LogP contribution in [0.5, 0.6) is 0 Å².